The van der Waals surface area contributed by atoms with Crippen molar-refractivity contribution >= 4 is 5.91 Å². The van der Waals surface area contributed by atoms with E-state index in [1.165, 1.54) is 12.8 Å². The molecule has 1 fully saturated rings. The zero-order chi connectivity index (χ0) is 15.7. The van der Waals surface area contributed by atoms with Gasteiger partial charge in [0.1, 0.15) is 0 Å². The third-order valence-corrected chi connectivity index (χ3v) is 5.15. The minimum Gasteiger partial charge on any atom is -0.337 e. The normalized spacial score (nSPS) is 21.5. The van der Waals surface area contributed by atoms with Crippen LogP contribution in [0.25, 0.3) is 0 Å². The van der Waals surface area contributed by atoms with Crippen LogP contribution in [0.5, 0.6) is 0 Å². The van der Waals surface area contributed by atoms with Crippen LogP contribution < -0.4 is 5.56 Å². The Morgan fingerprint density at radius 2 is 2.00 bits per heavy atom. The highest BCUT2D eigenvalue weighted by Gasteiger charge is 2.30. The first-order chi connectivity index (χ1) is 10.5. The number of fused-ring (bicyclic) bond motifs is 1. The average Bonchev–Trinajstić information content (AvgIpc) is 2.53. The number of hydrogen-bond acceptors (Lipinski definition) is 3. The molecule has 0 bridgehead atoms. The third-order valence-electron chi connectivity index (χ3n) is 5.15. The Morgan fingerprint density at radius 1 is 1.27 bits per heavy atom. The third kappa shape index (κ3) is 3.09. The molecule has 1 unspecified atom stereocenters. The lowest BCUT2D eigenvalue weighted by atomic mass is 9.97. The Kier molecular flexibility index (Phi) is 4.34. The quantitative estimate of drug-likeness (QED) is 0.898. The minimum absolute atomic E-state index is 0.0446. The number of likely N-dealkylation sites (tertiary alicyclic amines) is 1. The molecule has 1 atom stereocenters. The molecule has 120 valence electrons. The number of H-pyrrole nitrogens is 1. The lowest BCUT2D eigenvalue weighted by molar-refractivity contribution is -0.138. The summed E-state index contributed by atoms with van der Waals surface area (Å²) in [5, 5.41) is 0. The van der Waals surface area contributed by atoms with Crippen molar-refractivity contribution in [3.63, 3.8) is 0 Å². The molecule has 1 aromatic heterocycles. The number of rotatable bonds is 2. The van der Waals surface area contributed by atoms with Gasteiger partial charge in [0.25, 0.3) is 0 Å². The maximum Gasteiger partial charge on any atom is 0.248 e. The second-order valence-corrected chi connectivity index (χ2v) is 6.75. The van der Waals surface area contributed by atoms with Gasteiger partial charge in [-0.25, -0.2) is 0 Å². The molecule has 1 saturated heterocycles. The van der Waals surface area contributed by atoms with Gasteiger partial charge in [-0.1, -0.05) is 6.92 Å². The smallest absolute Gasteiger partial charge is 0.248 e. The Balaban J connectivity index is 1.66. The maximum absolute atomic E-state index is 12.8. The molecule has 0 radical (unpaired) electrons. The van der Waals surface area contributed by atoms with E-state index in [-0.39, 0.29) is 17.5 Å². The van der Waals surface area contributed by atoms with Crippen molar-refractivity contribution in [3.05, 3.63) is 33.7 Å². The molecule has 0 aliphatic carbocycles. The van der Waals surface area contributed by atoms with Crippen LogP contribution in [-0.2, 0) is 17.8 Å². The minimum atomic E-state index is -0.0608. The first-order valence-electron chi connectivity index (χ1n) is 8.28. The average molecular weight is 303 g/mol. The highest BCUT2D eigenvalue weighted by molar-refractivity contribution is 5.81. The Bertz CT molecular complexity index is 602. The van der Waals surface area contributed by atoms with Crippen LogP contribution in [0.1, 0.15) is 37.8 Å². The molecule has 0 aromatic carbocycles. The van der Waals surface area contributed by atoms with E-state index in [1.54, 1.807) is 12.3 Å². The van der Waals surface area contributed by atoms with Gasteiger partial charge in [0, 0.05) is 25.4 Å². The topological polar surface area (TPSA) is 56.4 Å². The highest BCUT2D eigenvalue weighted by atomic mass is 16.2. The summed E-state index contributed by atoms with van der Waals surface area (Å²) < 4.78 is 0. The fourth-order valence-corrected chi connectivity index (χ4v) is 3.49. The van der Waals surface area contributed by atoms with Crippen molar-refractivity contribution in [2.45, 2.75) is 45.7 Å². The van der Waals surface area contributed by atoms with Crippen LogP contribution in [0, 0.1) is 5.92 Å². The zero-order valence-electron chi connectivity index (χ0n) is 13.5. The molecule has 2 aliphatic rings. The van der Waals surface area contributed by atoms with Gasteiger partial charge in [-0.2, -0.15) is 0 Å². The Hall–Kier alpha value is -1.62. The van der Waals surface area contributed by atoms with Crippen LogP contribution in [0.15, 0.2) is 17.1 Å². The van der Waals surface area contributed by atoms with E-state index in [0.717, 1.165) is 36.6 Å². The number of piperidine rings is 1. The predicted molar refractivity (Wildman–Crippen MR) is 85.6 cm³/mol. The molecule has 1 amide bonds. The molecule has 1 N–H and O–H groups in total. The largest absolute Gasteiger partial charge is 0.337 e. The number of carbonyl (C=O) groups is 1. The fraction of sp³-hybridized carbons (Fsp3) is 0.647. The number of aromatic amines is 1. The van der Waals surface area contributed by atoms with Gasteiger partial charge in [-0.3, -0.25) is 14.5 Å². The Morgan fingerprint density at radius 3 is 2.73 bits per heavy atom. The number of nitrogens with zero attached hydrogens (tertiary/aromatic N) is 2. The summed E-state index contributed by atoms with van der Waals surface area (Å²) in [4.78, 5) is 31.1. The lowest BCUT2D eigenvalue weighted by Gasteiger charge is -2.38. The summed E-state index contributed by atoms with van der Waals surface area (Å²) in [6, 6.07) is 1.61. The molecule has 5 heteroatoms. The van der Waals surface area contributed by atoms with E-state index in [1.807, 2.05) is 11.8 Å². The van der Waals surface area contributed by atoms with Crippen LogP contribution in [0.4, 0.5) is 0 Å². The fourth-order valence-electron chi connectivity index (χ4n) is 3.49. The SMILES string of the molecule is CC1CCN(C(C)C(=O)N2CCc3cc(=O)[nH]cc3C2)CC1. The molecular formula is C17H25N3O2. The van der Waals surface area contributed by atoms with Crippen LogP contribution in [-0.4, -0.2) is 46.4 Å². The van der Waals surface area contributed by atoms with Gasteiger partial charge >= 0.3 is 0 Å². The molecule has 3 heterocycles. The van der Waals surface area contributed by atoms with Gasteiger partial charge in [0.05, 0.1) is 6.04 Å². The van der Waals surface area contributed by atoms with Gasteiger partial charge in [-0.05, 0) is 56.3 Å². The molecule has 5 nitrogen and oxygen atoms in total. The van der Waals surface area contributed by atoms with E-state index in [9.17, 15) is 9.59 Å². The first-order valence-corrected chi connectivity index (χ1v) is 8.28. The van der Waals surface area contributed by atoms with Gasteiger partial charge in [0.2, 0.25) is 11.5 Å². The molecule has 3 rings (SSSR count). The zero-order valence-corrected chi connectivity index (χ0v) is 13.5. The lowest BCUT2D eigenvalue weighted by Crippen LogP contribution is -2.50. The van der Waals surface area contributed by atoms with Crippen LogP contribution in [0.2, 0.25) is 0 Å². The number of amides is 1. The standard InChI is InChI=1S/C17H25N3O2/c1-12-3-6-19(7-4-12)13(2)17(22)20-8-5-14-9-16(21)18-10-15(14)11-20/h9-10,12-13H,3-8,11H2,1-2H3,(H,18,21). The van der Waals surface area contributed by atoms with Crippen LogP contribution >= 0.6 is 0 Å². The van der Waals surface area contributed by atoms with Crippen molar-refractivity contribution in [1.29, 1.82) is 0 Å². The van der Waals surface area contributed by atoms with E-state index in [0.29, 0.717) is 13.1 Å². The van der Waals surface area contributed by atoms with Crippen molar-refractivity contribution in [2.75, 3.05) is 19.6 Å². The van der Waals surface area contributed by atoms with Crippen molar-refractivity contribution in [1.82, 2.24) is 14.8 Å². The number of nitrogens with one attached hydrogen (secondary N) is 1. The predicted octanol–water partition coefficient (Wildman–Crippen LogP) is 1.38. The molecule has 22 heavy (non-hydrogen) atoms. The summed E-state index contributed by atoms with van der Waals surface area (Å²) in [5.41, 5.74) is 2.08. The summed E-state index contributed by atoms with van der Waals surface area (Å²) in [7, 11) is 0. The van der Waals surface area contributed by atoms with Gasteiger partial charge in [0.15, 0.2) is 0 Å². The number of aromatic nitrogens is 1. The first kappa shape index (κ1) is 15.3. The van der Waals surface area contributed by atoms with Gasteiger partial charge < -0.3 is 9.88 Å². The Labute approximate surface area is 131 Å². The van der Waals surface area contributed by atoms with Crippen LogP contribution in [0.3, 0.4) is 0 Å². The number of carbonyl (C=O) groups excluding carboxylic acids is 1. The second kappa shape index (κ2) is 6.24. The highest BCUT2D eigenvalue weighted by Crippen LogP contribution is 2.21. The van der Waals surface area contributed by atoms with E-state index >= 15 is 0 Å². The van der Waals surface area contributed by atoms with Gasteiger partial charge in [-0.15, -0.1) is 0 Å². The van der Waals surface area contributed by atoms with Crippen molar-refractivity contribution in [3.8, 4) is 0 Å². The molecule has 0 spiro atoms. The summed E-state index contributed by atoms with van der Waals surface area (Å²) >= 11 is 0. The maximum atomic E-state index is 12.8. The summed E-state index contributed by atoms with van der Waals surface area (Å²) in [6.45, 7) is 7.67. The molecular weight excluding hydrogens is 278 g/mol. The molecule has 1 aromatic rings. The van der Waals surface area contributed by atoms with Crippen molar-refractivity contribution in [2.24, 2.45) is 5.92 Å². The van der Waals surface area contributed by atoms with E-state index in [2.05, 4.69) is 16.8 Å². The monoisotopic (exact) mass is 303 g/mol. The van der Waals surface area contributed by atoms with Crippen molar-refractivity contribution < 1.29 is 4.79 Å². The second-order valence-electron chi connectivity index (χ2n) is 6.75. The number of hydrogen-bond donors (Lipinski definition) is 1. The van der Waals surface area contributed by atoms with E-state index in [4.69, 9.17) is 0 Å². The number of pyridine rings is 1. The molecule has 0 saturated carbocycles. The summed E-state index contributed by atoms with van der Waals surface area (Å²) in [5.74, 6) is 0.989. The molecule has 2 aliphatic heterocycles. The summed E-state index contributed by atoms with van der Waals surface area (Å²) in [6.07, 6.45) is 4.89. The van der Waals surface area contributed by atoms with E-state index < -0.39 is 0 Å².